The summed E-state index contributed by atoms with van der Waals surface area (Å²) >= 11 is 0.761. The molecule has 0 fully saturated rings. The van der Waals surface area contributed by atoms with Gasteiger partial charge in [0.25, 0.3) is 5.91 Å². The van der Waals surface area contributed by atoms with Gasteiger partial charge in [-0.05, 0) is 12.1 Å². The maximum atomic E-state index is 11.7. The third kappa shape index (κ3) is 5.43. The minimum atomic E-state index is -1.15. The Morgan fingerprint density at radius 1 is 1.16 bits per heavy atom. The average Bonchev–Trinajstić information content (AvgIpc) is 2.38. The number of aliphatic carboxylic acids is 2. The molecule has 1 atom stereocenters. The molecule has 0 bridgehead atoms. The Morgan fingerprint density at radius 2 is 1.79 bits per heavy atom. The number of carboxylic acid groups (broad SMARTS) is 2. The Hall–Kier alpha value is -2.02. The molecule has 0 aromatic heterocycles. The summed E-state index contributed by atoms with van der Waals surface area (Å²) in [5, 5.41) is 18.9. The summed E-state index contributed by atoms with van der Waals surface area (Å²) in [5.41, 5.74) is 0.426. The van der Waals surface area contributed by atoms with E-state index in [9.17, 15) is 14.4 Å². The zero-order chi connectivity index (χ0) is 14.3. The summed E-state index contributed by atoms with van der Waals surface area (Å²) in [6.45, 7) is -0.124. The van der Waals surface area contributed by atoms with Crippen LogP contribution in [0.15, 0.2) is 30.3 Å². The molecule has 0 saturated heterocycles. The van der Waals surface area contributed by atoms with Gasteiger partial charge < -0.3 is 15.5 Å². The first-order valence-corrected chi connectivity index (χ1v) is 6.45. The molecule has 0 radical (unpaired) electrons. The standard InChI is InChI=1S/C12H13NO5S/c14-10(15)7-19-9(12(17)18)6-13-11(16)8-4-2-1-3-5-8/h1-5,9H,6-7H2,(H,13,16)(H,14,15)(H,17,18). The van der Waals surface area contributed by atoms with Gasteiger partial charge in [0.15, 0.2) is 0 Å². The van der Waals surface area contributed by atoms with Gasteiger partial charge in [-0.3, -0.25) is 14.4 Å². The van der Waals surface area contributed by atoms with Crippen LogP contribution in [0.25, 0.3) is 0 Å². The summed E-state index contributed by atoms with van der Waals surface area (Å²) in [7, 11) is 0. The van der Waals surface area contributed by atoms with E-state index in [0.717, 1.165) is 11.8 Å². The summed E-state index contributed by atoms with van der Waals surface area (Å²) in [4.78, 5) is 33.0. The Labute approximate surface area is 113 Å². The van der Waals surface area contributed by atoms with Crippen molar-refractivity contribution in [3.8, 4) is 0 Å². The van der Waals surface area contributed by atoms with Gasteiger partial charge in [0.05, 0.1) is 5.75 Å². The molecule has 3 N–H and O–H groups in total. The van der Waals surface area contributed by atoms with E-state index in [1.165, 1.54) is 0 Å². The van der Waals surface area contributed by atoms with Crippen molar-refractivity contribution in [2.24, 2.45) is 0 Å². The molecule has 1 aromatic rings. The topological polar surface area (TPSA) is 104 Å². The maximum absolute atomic E-state index is 11.7. The zero-order valence-corrected chi connectivity index (χ0v) is 10.7. The van der Waals surface area contributed by atoms with Gasteiger partial charge in [-0.25, -0.2) is 0 Å². The monoisotopic (exact) mass is 283 g/mol. The van der Waals surface area contributed by atoms with Crippen LogP contribution < -0.4 is 5.32 Å². The Bertz CT molecular complexity index is 462. The van der Waals surface area contributed by atoms with E-state index in [1.54, 1.807) is 30.3 Å². The molecule has 0 saturated carbocycles. The van der Waals surface area contributed by atoms with Crippen molar-refractivity contribution in [3.05, 3.63) is 35.9 Å². The number of carboxylic acids is 2. The van der Waals surface area contributed by atoms with Gasteiger partial charge in [-0.2, -0.15) is 0 Å². The fraction of sp³-hybridized carbons (Fsp3) is 0.250. The van der Waals surface area contributed by atoms with Gasteiger partial charge in [0.2, 0.25) is 0 Å². The summed E-state index contributed by atoms with van der Waals surface area (Å²) in [6.07, 6.45) is 0. The number of amides is 1. The van der Waals surface area contributed by atoms with Gasteiger partial charge in [-0.15, -0.1) is 11.8 Å². The lowest BCUT2D eigenvalue weighted by Gasteiger charge is -2.12. The number of thioether (sulfide) groups is 1. The van der Waals surface area contributed by atoms with Crippen molar-refractivity contribution < 1.29 is 24.6 Å². The predicted molar refractivity (Wildman–Crippen MR) is 70.3 cm³/mol. The van der Waals surface area contributed by atoms with Gasteiger partial charge in [0, 0.05) is 12.1 Å². The van der Waals surface area contributed by atoms with E-state index < -0.39 is 17.2 Å². The van der Waals surface area contributed by atoms with Crippen LogP contribution in [0, 0.1) is 0 Å². The summed E-state index contributed by atoms with van der Waals surface area (Å²) in [5.74, 6) is -2.95. The van der Waals surface area contributed by atoms with Crippen LogP contribution in [-0.2, 0) is 9.59 Å². The third-order valence-corrected chi connectivity index (χ3v) is 3.35. The van der Waals surface area contributed by atoms with E-state index in [-0.39, 0.29) is 18.2 Å². The van der Waals surface area contributed by atoms with Gasteiger partial charge >= 0.3 is 11.9 Å². The molecule has 0 aliphatic heterocycles. The molecule has 1 unspecified atom stereocenters. The molecule has 1 aromatic carbocycles. The van der Waals surface area contributed by atoms with Crippen LogP contribution >= 0.6 is 11.8 Å². The van der Waals surface area contributed by atoms with Crippen molar-refractivity contribution in [2.75, 3.05) is 12.3 Å². The molecule has 7 heteroatoms. The Kier molecular flexibility index (Phi) is 5.87. The van der Waals surface area contributed by atoms with Crippen LogP contribution in [0.4, 0.5) is 0 Å². The third-order valence-electron chi connectivity index (χ3n) is 2.17. The Balaban J connectivity index is 2.50. The first-order valence-electron chi connectivity index (χ1n) is 5.40. The molecule has 0 aliphatic carbocycles. The summed E-state index contributed by atoms with van der Waals surface area (Å²) in [6, 6.07) is 8.37. The molecule has 0 spiro atoms. The van der Waals surface area contributed by atoms with Crippen molar-refractivity contribution in [2.45, 2.75) is 5.25 Å². The molecule has 0 aliphatic rings. The smallest absolute Gasteiger partial charge is 0.318 e. The number of hydrogen-bond donors (Lipinski definition) is 3. The second-order valence-electron chi connectivity index (χ2n) is 3.61. The minimum absolute atomic E-state index is 0.124. The molecule has 1 rings (SSSR count). The molecule has 19 heavy (non-hydrogen) atoms. The SMILES string of the molecule is O=C(O)CSC(CNC(=O)c1ccccc1)C(=O)O. The highest BCUT2D eigenvalue weighted by molar-refractivity contribution is 8.01. The minimum Gasteiger partial charge on any atom is -0.481 e. The fourth-order valence-corrected chi connectivity index (χ4v) is 1.95. The number of nitrogens with one attached hydrogen (secondary N) is 1. The zero-order valence-electron chi connectivity index (χ0n) is 9.91. The molecule has 102 valence electrons. The second-order valence-corrected chi connectivity index (χ2v) is 4.80. The second kappa shape index (κ2) is 7.42. The number of benzene rings is 1. The summed E-state index contributed by atoms with van der Waals surface area (Å²) < 4.78 is 0. The number of hydrogen-bond acceptors (Lipinski definition) is 4. The van der Waals surface area contributed by atoms with E-state index >= 15 is 0 Å². The van der Waals surface area contributed by atoms with E-state index in [1.807, 2.05) is 0 Å². The van der Waals surface area contributed by atoms with E-state index in [0.29, 0.717) is 5.56 Å². The van der Waals surface area contributed by atoms with Crippen molar-refractivity contribution in [1.29, 1.82) is 0 Å². The van der Waals surface area contributed by atoms with E-state index in [2.05, 4.69) is 5.32 Å². The van der Waals surface area contributed by atoms with Crippen LogP contribution in [0.2, 0.25) is 0 Å². The predicted octanol–water partition coefficient (Wildman–Crippen LogP) is 0.687. The quantitative estimate of drug-likeness (QED) is 0.680. The van der Waals surface area contributed by atoms with Crippen molar-refractivity contribution in [3.63, 3.8) is 0 Å². The lowest BCUT2D eigenvalue weighted by atomic mass is 10.2. The number of carbonyl (C=O) groups excluding carboxylic acids is 1. The van der Waals surface area contributed by atoms with Crippen LogP contribution in [-0.4, -0.2) is 45.6 Å². The van der Waals surface area contributed by atoms with Gasteiger partial charge in [0.1, 0.15) is 5.25 Å². The van der Waals surface area contributed by atoms with Crippen molar-refractivity contribution in [1.82, 2.24) is 5.32 Å². The fourth-order valence-electron chi connectivity index (χ4n) is 1.27. The maximum Gasteiger partial charge on any atom is 0.318 e. The lowest BCUT2D eigenvalue weighted by Crippen LogP contribution is -2.35. The number of rotatable bonds is 7. The van der Waals surface area contributed by atoms with Crippen LogP contribution in [0.1, 0.15) is 10.4 Å². The normalized spacial score (nSPS) is 11.6. The van der Waals surface area contributed by atoms with E-state index in [4.69, 9.17) is 10.2 Å². The highest BCUT2D eigenvalue weighted by Crippen LogP contribution is 2.10. The van der Waals surface area contributed by atoms with Gasteiger partial charge in [-0.1, -0.05) is 18.2 Å². The average molecular weight is 283 g/mol. The first-order chi connectivity index (χ1) is 9.00. The molecule has 1 amide bonds. The molecule has 0 heterocycles. The Morgan fingerprint density at radius 3 is 2.32 bits per heavy atom. The molecular weight excluding hydrogens is 270 g/mol. The van der Waals surface area contributed by atoms with Crippen LogP contribution in [0.5, 0.6) is 0 Å². The van der Waals surface area contributed by atoms with Crippen LogP contribution in [0.3, 0.4) is 0 Å². The highest BCUT2D eigenvalue weighted by atomic mass is 32.2. The molecular formula is C12H13NO5S. The first kappa shape index (κ1) is 15.0. The lowest BCUT2D eigenvalue weighted by molar-refractivity contribution is -0.136. The highest BCUT2D eigenvalue weighted by Gasteiger charge is 2.20. The molecule has 6 nitrogen and oxygen atoms in total. The number of carbonyl (C=O) groups is 3. The largest absolute Gasteiger partial charge is 0.481 e. The van der Waals surface area contributed by atoms with Crippen molar-refractivity contribution >= 4 is 29.6 Å².